The summed E-state index contributed by atoms with van der Waals surface area (Å²) in [5.74, 6) is 0.878. The first-order chi connectivity index (χ1) is 8.25. The average Bonchev–Trinajstić information content (AvgIpc) is 2.97. The molecule has 0 aliphatic carbocycles. The molecule has 0 bridgehead atoms. The lowest BCUT2D eigenvalue weighted by Gasteiger charge is -2.14. The van der Waals surface area contributed by atoms with E-state index in [9.17, 15) is 0 Å². The number of hydrogen-bond donors (Lipinski definition) is 1. The third-order valence-electron chi connectivity index (χ3n) is 3.01. The van der Waals surface area contributed by atoms with Gasteiger partial charge in [-0.3, -0.25) is 0 Å². The first-order valence-electron chi connectivity index (χ1n) is 5.48. The summed E-state index contributed by atoms with van der Waals surface area (Å²) in [6.07, 6.45) is 4.15. The fraction of sp³-hybridized carbons (Fsp3) is 0.231. The van der Waals surface area contributed by atoms with Crippen LogP contribution in [0.15, 0.2) is 35.1 Å². The number of furan rings is 1. The van der Waals surface area contributed by atoms with E-state index in [1.807, 2.05) is 18.2 Å². The fourth-order valence-corrected chi connectivity index (χ4v) is 2.41. The molecule has 4 heteroatoms. The van der Waals surface area contributed by atoms with Gasteiger partial charge in [0.25, 0.3) is 0 Å². The molecule has 1 aromatic carbocycles. The summed E-state index contributed by atoms with van der Waals surface area (Å²) in [7, 11) is 0. The molecule has 1 atom stereocenters. The molecule has 0 spiro atoms. The molecule has 1 unspecified atom stereocenters. The third-order valence-corrected chi connectivity index (χ3v) is 3.23. The van der Waals surface area contributed by atoms with Crippen LogP contribution in [-0.2, 0) is 6.42 Å². The highest BCUT2D eigenvalue weighted by atomic mass is 35.5. The largest absolute Gasteiger partial charge is 0.493 e. The number of nitrogens with two attached hydrogens (primary N) is 1. The molecule has 1 aliphatic rings. The lowest BCUT2D eigenvalue weighted by atomic mass is 9.98. The minimum Gasteiger partial charge on any atom is -0.493 e. The minimum atomic E-state index is -0.265. The highest BCUT2D eigenvalue weighted by Gasteiger charge is 2.22. The first kappa shape index (κ1) is 10.7. The second kappa shape index (κ2) is 4.09. The molecule has 3 rings (SSSR count). The summed E-state index contributed by atoms with van der Waals surface area (Å²) in [6, 6.07) is 5.39. The zero-order valence-electron chi connectivity index (χ0n) is 9.15. The van der Waals surface area contributed by atoms with Crippen molar-refractivity contribution in [1.82, 2.24) is 0 Å². The van der Waals surface area contributed by atoms with Crippen LogP contribution >= 0.6 is 11.6 Å². The molecule has 0 saturated carbocycles. The maximum atomic E-state index is 6.20. The number of hydrogen-bond acceptors (Lipinski definition) is 3. The highest BCUT2D eigenvalue weighted by molar-refractivity contribution is 6.30. The van der Waals surface area contributed by atoms with E-state index in [0.717, 1.165) is 28.9 Å². The zero-order valence-corrected chi connectivity index (χ0v) is 9.91. The van der Waals surface area contributed by atoms with Crippen LogP contribution < -0.4 is 10.5 Å². The van der Waals surface area contributed by atoms with Crippen molar-refractivity contribution in [3.05, 3.63) is 52.4 Å². The predicted octanol–water partition coefficient (Wildman–Crippen LogP) is 2.92. The summed E-state index contributed by atoms with van der Waals surface area (Å²) < 4.78 is 10.7. The Bertz CT molecular complexity index is 537. The monoisotopic (exact) mass is 249 g/mol. The van der Waals surface area contributed by atoms with Crippen molar-refractivity contribution in [3.8, 4) is 5.75 Å². The van der Waals surface area contributed by atoms with Gasteiger partial charge in [0.05, 0.1) is 25.2 Å². The van der Waals surface area contributed by atoms with E-state index in [0.29, 0.717) is 11.6 Å². The second-order valence-electron chi connectivity index (χ2n) is 4.12. The van der Waals surface area contributed by atoms with Crippen LogP contribution in [0.5, 0.6) is 5.75 Å². The minimum absolute atomic E-state index is 0.265. The van der Waals surface area contributed by atoms with Crippen LogP contribution in [0, 0.1) is 0 Å². The average molecular weight is 250 g/mol. The Morgan fingerprint density at radius 1 is 1.35 bits per heavy atom. The van der Waals surface area contributed by atoms with Crippen LogP contribution in [0.25, 0.3) is 0 Å². The van der Waals surface area contributed by atoms with Crippen molar-refractivity contribution in [2.24, 2.45) is 5.73 Å². The predicted molar refractivity (Wildman–Crippen MR) is 65.4 cm³/mol. The van der Waals surface area contributed by atoms with Gasteiger partial charge < -0.3 is 14.9 Å². The molecular formula is C13H12ClNO2. The summed E-state index contributed by atoms with van der Waals surface area (Å²) in [5, 5.41) is 0.697. The van der Waals surface area contributed by atoms with Gasteiger partial charge in [-0.2, -0.15) is 0 Å². The Kier molecular flexibility index (Phi) is 2.57. The lowest BCUT2D eigenvalue weighted by Crippen LogP contribution is -2.12. The maximum absolute atomic E-state index is 6.20. The molecule has 2 aromatic rings. The molecule has 2 N–H and O–H groups in total. The Balaban J connectivity index is 2.09. The Morgan fingerprint density at radius 3 is 3.00 bits per heavy atom. The van der Waals surface area contributed by atoms with Crippen molar-refractivity contribution >= 4 is 11.6 Å². The molecule has 0 saturated heterocycles. The standard InChI is InChI=1S/C13H12ClNO2/c14-10-5-8-2-4-17-13(8)11(6-10)12(15)9-1-3-16-7-9/h1,3,5-7,12H,2,4,15H2. The summed E-state index contributed by atoms with van der Waals surface area (Å²) in [5.41, 5.74) is 9.18. The van der Waals surface area contributed by atoms with Crippen molar-refractivity contribution in [2.75, 3.05) is 6.61 Å². The van der Waals surface area contributed by atoms with Gasteiger partial charge in [-0.1, -0.05) is 11.6 Å². The van der Waals surface area contributed by atoms with Crippen LogP contribution in [0.3, 0.4) is 0 Å². The van der Waals surface area contributed by atoms with Crippen molar-refractivity contribution in [2.45, 2.75) is 12.5 Å². The van der Waals surface area contributed by atoms with Crippen LogP contribution in [0.1, 0.15) is 22.7 Å². The number of rotatable bonds is 2. The van der Waals surface area contributed by atoms with E-state index < -0.39 is 0 Å². The van der Waals surface area contributed by atoms with E-state index >= 15 is 0 Å². The van der Waals surface area contributed by atoms with Crippen molar-refractivity contribution in [3.63, 3.8) is 0 Å². The number of ether oxygens (including phenoxy) is 1. The van der Waals surface area contributed by atoms with Gasteiger partial charge in [-0.15, -0.1) is 0 Å². The maximum Gasteiger partial charge on any atom is 0.127 e. The van der Waals surface area contributed by atoms with E-state index in [1.54, 1.807) is 12.5 Å². The van der Waals surface area contributed by atoms with Gasteiger partial charge in [0, 0.05) is 22.6 Å². The Hall–Kier alpha value is -1.45. The molecule has 2 heterocycles. The van der Waals surface area contributed by atoms with Gasteiger partial charge in [-0.05, 0) is 23.8 Å². The van der Waals surface area contributed by atoms with Crippen molar-refractivity contribution < 1.29 is 9.15 Å². The summed E-state index contributed by atoms with van der Waals surface area (Å²) >= 11 is 6.10. The molecular weight excluding hydrogens is 238 g/mol. The van der Waals surface area contributed by atoms with E-state index in [4.69, 9.17) is 26.5 Å². The molecule has 0 amide bonds. The number of halogens is 1. The van der Waals surface area contributed by atoms with Crippen LogP contribution in [0.2, 0.25) is 5.02 Å². The molecule has 0 fully saturated rings. The van der Waals surface area contributed by atoms with Gasteiger partial charge in [-0.25, -0.2) is 0 Å². The smallest absolute Gasteiger partial charge is 0.127 e. The number of fused-ring (bicyclic) bond motifs is 1. The van der Waals surface area contributed by atoms with E-state index in [-0.39, 0.29) is 6.04 Å². The molecule has 3 nitrogen and oxygen atoms in total. The lowest BCUT2D eigenvalue weighted by molar-refractivity contribution is 0.352. The summed E-state index contributed by atoms with van der Waals surface area (Å²) in [6.45, 7) is 0.695. The Morgan fingerprint density at radius 2 is 2.24 bits per heavy atom. The fourth-order valence-electron chi connectivity index (χ4n) is 2.16. The molecule has 1 aromatic heterocycles. The highest BCUT2D eigenvalue weighted by Crippen LogP contribution is 2.37. The van der Waals surface area contributed by atoms with Crippen LogP contribution in [0.4, 0.5) is 0 Å². The quantitative estimate of drug-likeness (QED) is 0.890. The number of benzene rings is 1. The molecule has 17 heavy (non-hydrogen) atoms. The molecule has 0 radical (unpaired) electrons. The second-order valence-corrected chi connectivity index (χ2v) is 4.55. The van der Waals surface area contributed by atoms with Gasteiger partial charge in [0.1, 0.15) is 5.75 Å². The SMILES string of the molecule is NC(c1ccoc1)c1cc(Cl)cc2c1OCC2. The van der Waals surface area contributed by atoms with E-state index in [2.05, 4.69) is 0 Å². The normalized spacial score (nSPS) is 15.4. The summed E-state index contributed by atoms with van der Waals surface area (Å²) in [4.78, 5) is 0. The van der Waals surface area contributed by atoms with Gasteiger partial charge in [0.2, 0.25) is 0 Å². The molecule has 1 aliphatic heterocycles. The first-order valence-corrected chi connectivity index (χ1v) is 5.86. The van der Waals surface area contributed by atoms with Gasteiger partial charge in [0.15, 0.2) is 0 Å². The molecule has 88 valence electrons. The van der Waals surface area contributed by atoms with Crippen LogP contribution in [-0.4, -0.2) is 6.61 Å². The Labute approximate surface area is 104 Å². The van der Waals surface area contributed by atoms with Crippen molar-refractivity contribution in [1.29, 1.82) is 0 Å². The topological polar surface area (TPSA) is 48.4 Å². The third kappa shape index (κ3) is 1.81. The van der Waals surface area contributed by atoms with E-state index in [1.165, 1.54) is 0 Å². The van der Waals surface area contributed by atoms with Gasteiger partial charge >= 0.3 is 0 Å². The zero-order chi connectivity index (χ0) is 11.8.